The number of carbonyl (C=O) groups is 3. The third-order valence-corrected chi connectivity index (χ3v) is 3.79. The summed E-state index contributed by atoms with van der Waals surface area (Å²) in [6.07, 6.45) is -1.02. The Morgan fingerprint density at radius 3 is 2.37 bits per heavy atom. The Bertz CT molecular complexity index is 817. The number of rotatable bonds is 8. The summed E-state index contributed by atoms with van der Waals surface area (Å²) < 4.78 is 5.25. The normalized spacial score (nSPS) is 11.4. The molecule has 0 bridgehead atoms. The van der Waals surface area contributed by atoms with Crippen molar-refractivity contribution < 1.29 is 24.2 Å². The second-order valence-electron chi connectivity index (χ2n) is 5.87. The minimum Gasteiger partial charge on any atom is -0.449 e. The molecule has 0 aliphatic rings. The van der Waals surface area contributed by atoms with Gasteiger partial charge in [-0.05, 0) is 50.2 Å². The number of amides is 1. The highest BCUT2D eigenvalue weighted by molar-refractivity contribution is 6.00. The van der Waals surface area contributed by atoms with E-state index < -0.39 is 18.0 Å². The smallest absolute Gasteiger partial charge is 0.341 e. The first kappa shape index (κ1) is 20.1. The number of para-hydroxylation sites is 1. The van der Waals surface area contributed by atoms with Gasteiger partial charge in [0.1, 0.15) is 0 Å². The lowest BCUT2D eigenvalue weighted by atomic mass is 10.1. The van der Waals surface area contributed by atoms with Crippen LogP contribution in [0.25, 0.3) is 0 Å². The van der Waals surface area contributed by atoms with Crippen LogP contribution in [0.4, 0.5) is 11.4 Å². The lowest BCUT2D eigenvalue weighted by Crippen LogP contribution is -2.30. The fraction of sp³-hybridized carbons (Fsp3) is 0.250. The molecule has 7 heteroatoms. The van der Waals surface area contributed by atoms with Gasteiger partial charge in [0.05, 0.1) is 12.2 Å². The Kier molecular flexibility index (Phi) is 7.08. The van der Waals surface area contributed by atoms with E-state index in [1.165, 1.54) is 13.8 Å². The molecule has 142 valence electrons. The van der Waals surface area contributed by atoms with E-state index in [2.05, 4.69) is 10.6 Å². The number of benzene rings is 2. The molecule has 0 aliphatic heterocycles. The number of hydrogen-bond donors (Lipinski definition) is 3. The minimum atomic E-state index is -1.02. The molecule has 0 fully saturated rings. The zero-order valence-electron chi connectivity index (χ0n) is 15.2. The van der Waals surface area contributed by atoms with E-state index in [1.54, 1.807) is 48.5 Å². The van der Waals surface area contributed by atoms with Crippen molar-refractivity contribution in [1.82, 2.24) is 0 Å². The van der Waals surface area contributed by atoms with Crippen LogP contribution in [0, 0.1) is 0 Å². The van der Waals surface area contributed by atoms with Crippen LogP contribution in [0.5, 0.6) is 0 Å². The molecular weight excluding hydrogens is 348 g/mol. The van der Waals surface area contributed by atoms with E-state index in [1.807, 2.05) is 0 Å². The summed E-state index contributed by atoms with van der Waals surface area (Å²) in [5.41, 5.74) is 1.83. The fourth-order valence-electron chi connectivity index (χ4n) is 2.32. The van der Waals surface area contributed by atoms with Gasteiger partial charge in [-0.1, -0.05) is 12.1 Å². The Balaban J connectivity index is 1.99. The standard InChI is InChI=1S/C20H22N2O5/c1-13(24)15-7-9-16(10-8-15)22-19(25)14(2)27-20(26)17-5-3-4-6-18(17)21-11-12-23/h3-10,14,21,23H,11-12H2,1-2H3,(H,22,25). The molecule has 0 saturated heterocycles. The van der Waals surface area contributed by atoms with Crippen molar-refractivity contribution in [2.24, 2.45) is 0 Å². The van der Waals surface area contributed by atoms with Crippen LogP contribution in [0.1, 0.15) is 34.6 Å². The predicted octanol–water partition coefficient (Wildman–Crippen LogP) is 2.48. The molecule has 0 saturated carbocycles. The molecule has 2 aromatic carbocycles. The van der Waals surface area contributed by atoms with Gasteiger partial charge in [-0.2, -0.15) is 0 Å². The topological polar surface area (TPSA) is 105 Å². The number of anilines is 2. The molecule has 1 amide bonds. The fourth-order valence-corrected chi connectivity index (χ4v) is 2.32. The number of aliphatic hydroxyl groups is 1. The molecule has 0 aliphatic carbocycles. The molecule has 1 unspecified atom stereocenters. The van der Waals surface area contributed by atoms with Gasteiger partial charge in [0, 0.05) is 23.5 Å². The van der Waals surface area contributed by atoms with Crippen LogP contribution < -0.4 is 10.6 Å². The summed E-state index contributed by atoms with van der Waals surface area (Å²) in [5.74, 6) is -1.20. The Morgan fingerprint density at radius 1 is 1.07 bits per heavy atom. The Labute approximate surface area is 157 Å². The predicted molar refractivity (Wildman–Crippen MR) is 102 cm³/mol. The van der Waals surface area contributed by atoms with Crippen LogP contribution in [-0.4, -0.2) is 42.0 Å². The van der Waals surface area contributed by atoms with E-state index in [4.69, 9.17) is 9.84 Å². The molecule has 2 aromatic rings. The number of ketones is 1. The summed E-state index contributed by atoms with van der Waals surface area (Å²) in [7, 11) is 0. The zero-order chi connectivity index (χ0) is 19.8. The number of ether oxygens (including phenoxy) is 1. The highest BCUT2D eigenvalue weighted by Crippen LogP contribution is 2.17. The first-order chi connectivity index (χ1) is 12.9. The summed E-state index contributed by atoms with van der Waals surface area (Å²) in [4.78, 5) is 35.9. The van der Waals surface area contributed by atoms with Gasteiger partial charge < -0.3 is 20.5 Å². The second kappa shape index (κ2) is 9.49. The largest absolute Gasteiger partial charge is 0.449 e. The summed E-state index contributed by atoms with van der Waals surface area (Å²) in [6, 6.07) is 13.1. The molecule has 0 aromatic heterocycles. The molecule has 3 N–H and O–H groups in total. The van der Waals surface area contributed by atoms with E-state index in [-0.39, 0.29) is 24.5 Å². The number of aliphatic hydroxyl groups excluding tert-OH is 1. The van der Waals surface area contributed by atoms with E-state index in [9.17, 15) is 14.4 Å². The van der Waals surface area contributed by atoms with Crippen LogP contribution in [0.2, 0.25) is 0 Å². The molecule has 7 nitrogen and oxygen atoms in total. The van der Waals surface area contributed by atoms with Gasteiger partial charge >= 0.3 is 5.97 Å². The highest BCUT2D eigenvalue weighted by Gasteiger charge is 2.21. The number of nitrogens with one attached hydrogen (secondary N) is 2. The number of carbonyl (C=O) groups excluding carboxylic acids is 3. The summed E-state index contributed by atoms with van der Waals surface area (Å²) in [6.45, 7) is 3.14. The summed E-state index contributed by atoms with van der Waals surface area (Å²) >= 11 is 0. The van der Waals surface area contributed by atoms with Gasteiger partial charge in [0.25, 0.3) is 5.91 Å². The quantitative estimate of drug-likeness (QED) is 0.487. The maximum Gasteiger partial charge on any atom is 0.341 e. The van der Waals surface area contributed by atoms with Crippen LogP contribution in [0.3, 0.4) is 0 Å². The molecule has 0 heterocycles. The monoisotopic (exact) mass is 370 g/mol. The molecule has 0 radical (unpaired) electrons. The van der Waals surface area contributed by atoms with E-state index >= 15 is 0 Å². The van der Waals surface area contributed by atoms with Crippen LogP contribution in [0.15, 0.2) is 48.5 Å². The molecular formula is C20H22N2O5. The first-order valence-corrected chi connectivity index (χ1v) is 8.49. The minimum absolute atomic E-state index is 0.0661. The van der Waals surface area contributed by atoms with Crippen molar-refractivity contribution in [3.05, 3.63) is 59.7 Å². The number of esters is 1. The SMILES string of the molecule is CC(=O)c1ccc(NC(=O)C(C)OC(=O)c2ccccc2NCCO)cc1. The van der Waals surface area contributed by atoms with Gasteiger partial charge in [-0.25, -0.2) is 4.79 Å². The molecule has 1 atom stereocenters. The second-order valence-corrected chi connectivity index (χ2v) is 5.87. The molecule has 0 spiro atoms. The molecule has 27 heavy (non-hydrogen) atoms. The maximum atomic E-state index is 12.4. The van der Waals surface area contributed by atoms with Crippen molar-refractivity contribution in [2.75, 3.05) is 23.8 Å². The van der Waals surface area contributed by atoms with Crippen molar-refractivity contribution in [3.63, 3.8) is 0 Å². The van der Waals surface area contributed by atoms with Gasteiger partial charge in [-0.3, -0.25) is 9.59 Å². The average Bonchev–Trinajstić information content (AvgIpc) is 2.66. The van der Waals surface area contributed by atoms with Crippen molar-refractivity contribution >= 4 is 29.0 Å². The van der Waals surface area contributed by atoms with Crippen LogP contribution in [-0.2, 0) is 9.53 Å². The summed E-state index contributed by atoms with van der Waals surface area (Å²) in [5, 5.41) is 14.5. The zero-order valence-corrected chi connectivity index (χ0v) is 15.2. The van der Waals surface area contributed by atoms with Crippen molar-refractivity contribution in [2.45, 2.75) is 20.0 Å². The average molecular weight is 370 g/mol. The van der Waals surface area contributed by atoms with E-state index in [0.29, 0.717) is 16.9 Å². The van der Waals surface area contributed by atoms with E-state index in [0.717, 1.165) is 0 Å². The molecule has 2 rings (SSSR count). The van der Waals surface area contributed by atoms with Gasteiger partial charge in [0.2, 0.25) is 0 Å². The van der Waals surface area contributed by atoms with Gasteiger partial charge in [-0.15, -0.1) is 0 Å². The van der Waals surface area contributed by atoms with Crippen LogP contribution >= 0.6 is 0 Å². The third-order valence-electron chi connectivity index (χ3n) is 3.79. The third kappa shape index (κ3) is 5.65. The lowest BCUT2D eigenvalue weighted by Gasteiger charge is -2.15. The maximum absolute atomic E-state index is 12.4. The number of Topliss-reactive ketones (excluding diaryl/α,β-unsaturated/α-hetero) is 1. The van der Waals surface area contributed by atoms with Crippen molar-refractivity contribution in [3.8, 4) is 0 Å². The first-order valence-electron chi connectivity index (χ1n) is 8.49. The Morgan fingerprint density at radius 2 is 1.74 bits per heavy atom. The lowest BCUT2D eigenvalue weighted by molar-refractivity contribution is -0.123. The highest BCUT2D eigenvalue weighted by atomic mass is 16.5. The van der Waals surface area contributed by atoms with Crippen molar-refractivity contribution in [1.29, 1.82) is 0 Å². The Hall–Kier alpha value is -3.19. The number of hydrogen-bond acceptors (Lipinski definition) is 6. The van der Waals surface area contributed by atoms with Gasteiger partial charge in [0.15, 0.2) is 11.9 Å².